The van der Waals surface area contributed by atoms with Crippen molar-refractivity contribution in [2.75, 3.05) is 20.1 Å². The average Bonchev–Trinajstić information content (AvgIpc) is 3.71. The van der Waals surface area contributed by atoms with Crippen molar-refractivity contribution < 1.29 is 18.7 Å². The number of hydrogen-bond donors (Lipinski definition) is 0. The molecule has 4 aromatic rings. The Bertz CT molecular complexity index is 1500. The zero-order valence-corrected chi connectivity index (χ0v) is 22.0. The predicted octanol–water partition coefficient (Wildman–Crippen LogP) is 5.03. The van der Waals surface area contributed by atoms with Crippen LogP contribution in [0.2, 0.25) is 0 Å². The van der Waals surface area contributed by atoms with E-state index in [4.69, 9.17) is 14.1 Å². The van der Waals surface area contributed by atoms with E-state index in [0.29, 0.717) is 43.3 Å². The minimum absolute atomic E-state index is 0.0245. The van der Waals surface area contributed by atoms with Crippen LogP contribution in [0.5, 0.6) is 11.5 Å². The summed E-state index contributed by atoms with van der Waals surface area (Å²) in [6.45, 7) is 3.78. The second-order valence-corrected chi connectivity index (χ2v) is 10.9. The summed E-state index contributed by atoms with van der Waals surface area (Å²) in [6.07, 6.45) is 3.53. The van der Waals surface area contributed by atoms with E-state index >= 15 is 0 Å². The first-order chi connectivity index (χ1) is 18.4. The highest BCUT2D eigenvalue weighted by Crippen LogP contribution is 2.35. The van der Waals surface area contributed by atoms with Crippen molar-refractivity contribution in [3.8, 4) is 33.5 Å². The smallest absolute Gasteiger partial charge is 0.226 e. The van der Waals surface area contributed by atoms with Crippen LogP contribution in [-0.4, -0.2) is 56.9 Å². The van der Waals surface area contributed by atoms with Gasteiger partial charge in [0.05, 0.1) is 5.69 Å². The minimum Gasteiger partial charge on any atom is -0.457 e. The summed E-state index contributed by atoms with van der Waals surface area (Å²) in [4.78, 5) is 32.6. The van der Waals surface area contributed by atoms with Gasteiger partial charge in [-0.1, -0.05) is 17.4 Å². The first-order valence-corrected chi connectivity index (χ1v) is 13.4. The number of carbonyl (C=O) groups excluding carboxylic acids is 2. The number of aromatic nitrogens is 3. The molecular weight excluding hydrogens is 502 g/mol. The lowest BCUT2D eigenvalue weighted by atomic mass is 10.1. The van der Waals surface area contributed by atoms with Gasteiger partial charge in [-0.3, -0.25) is 9.59 Å². The fraction of sp³-hybridized carbons (Fsp3) is 0.321. The van der Waals surface area contributed by atoms with Crippen molar-refractivity contribution in [2.45, 2.75) is 38.6 Å². The molecule has 10 heteroatoms. The molecule has 0 spiro atoms. The van der Waals surface area contributed by atoms with Crippen LogP contribution in [0.1, 0.15) is 41.4 Å². The van der Waals surface area contributed by atoms with Crippen molar-refractivity contribution in [2.24, 2.45) is 0 Å². The molecule has 2 aliphatic rings. The Hall–Kier alpha value is -4.05. The van der Waals surface area contributed by atoms with Gasteiger partial charge in [0.25, 0.3) is 0 Å². The molecule has 0 N–H and O–H groups in total. The van der Waals surface area contributed by atoms with Crippen molar-refractivity contribution in [1.29, 1.82) is 0 Å². The third-order valence-electron chi connectivity index (χ3n) is 6.98. The normalized spacial score (nSPS) is 17.6. The number of ether oxygens (including phenoxy) is 1. The van der Waals surface area contributed by atoms with E-state index in [1.807, 2.05) is 54.3 Å². The SMILES string of the molecule is Cc1nnc(-c2ccc(Oc3cc(-c4nc(C5CC(=O)N(C)C5)co4)ccc3CN3CCCC3=O)cc2)s1. The number of carbonyl (C=O) groups is 2. The molecule has 0 saturated carbocycles. The molecule has 2 aromatic heterocycles. The van der Waals surface area contributed by atoms with Crippen LogP contribution in [0.15, 0.2) is 53.1 Å². The Balaban J connectivity index is 1.28. The highest BCUT2D eigenvalue weighted by Gasteiger charge is 2.30. The highest BCUT2D eigenvalue weighted by molar-refractivity contribution is 7.14. The number of likely N-dealkylation sites (tertiary alicyclic amines) is 2. The molecule has 0 aliphatic carbocycles. The molecule has 1 atom stereocenters. The van der Waals surface area contributed by atoms with E-state index < -0.39 is 0 Å². The Kier molecular flexibility index (Phi) is 6.40. The molecule has 6 rings (SSSR count). The molecule has 2 aromatic carbocycles. The largest absolute Gasteiger partial charge is 0.457 e. The number of benzene rings is 2. The number of nitrogens with zero attached hydrogens (tertiary/aromatic N) is 5. The van der Waals surface area contributed by atoms with E-state index in [-0.39, 0.29) is 17.7 Å². The number of likely N-dealkylation sites (N-methyl/N-ethyl adjacent to an activating group) is 1. The molecular formula is C28H27N5O4S. The van der Waals surface area contributed by atoms with Crippen LogP contribution in [0.25, 0.3) is 22.0 Å². The maximum Gasteiger partial charge on any atom is 0.226 e. The summed E-state index contributed by atoms with van der Waals surface area (Å²) in [7, 11) is 1.80. The molecule has 38 heavy (non-hydrogen) atoms. The van der Waals surface area contributed by atoms with Crippen molar-refractivity contribution >= 4 is 23.2 Å². The lowest BCUT2D eigenvalue weighted by Gasteiger charge is -2.19. The van der Waals surface area contributed by atoms with Gasteiger partial charge in [0.15, 0.2) is 0 Å². The number of aryl methyl sites for hydroxylation is 1. The summed E-state index contributed by atoms with van der Waals surface area (Å²) in [5.41, 5.74) is 3.42. The molecule has 9 nitrogen and oxygen atoms in total. The quantitative estimate of drug-likeness (QED) is 0.331. The van der Waals surface area contributed by atoms with E-state index in [1.165, 1.54) is 0 Å². The Morgan fingerprint density at radius 2 is 1.89 bits per heavy atom. The molecule has 4 heterocycles. The number of hydrogen-bond acceptors (Lipinski definition) is 8. The van der Waals surface area contributed by atoms with Crippen LogP contribution in [0.4, 0.5) is 0 Å². The van der Waals surface area contributed by atoms with Gasteiger partial charge < -0.3 is 19.0 Å². The maximum atomic E-state index is 12.3. The Morgan fingerprint density at radius 3 is 2.58 bits per heavy atom. The molecule has 2 saturated heterocycles. The van der Waals surface area contributed by atoms with Crippen LogP contribution in [-0.2, 0) is 16.1 Å². The van der Waals surface area contributed by atoms with Gasteiger partial charge in [-0.15, -0.1) is 10.2 Å². The number of amides is 2. The lowest BCUT2D eigenvalue weighted by Crippen LogP contribution is -2.24. The monoisotopic (exact) mass is 529 g/mol. The predicted molar refractivity (Wildman–Crippen MR) is 142 cm³/mol. The van der Waals surface area contributed by atoms with E-state index in [9.17, 15) is 9.59 Å². The second-order valence-electron chi connectivity index (χ2n) is 9.75. The van der Waals surface area contributed by atoms with Gasteiger partial charge >= 0.3 is 0 Å². The zero-order valence-electron chi connectivity index (χ0n) is 21.2. The fourth-order valence-corrected chi connectivity index (χ4v) is 5.56. The van der Waals surface area contributed by atoms with Crippen LogP contribution in [0.3, 0.4) is 0 Å². The third kappa shape index (κ3) is 4.91. The minimum atomic E-state index is 0.0245. The van der Waals surface area contributed by atoms with Gasteiger partial charge in [-0.25, -0.2) is 4.98 Å². The lowest BCUT2D eigenvalue weighted by molar-refractivity contribution is -0.128. The molecule has 2 aliphatic heterocycles. The molecule has 1 unspecified atom stereocenters. The summed E-state index contributed by atoms with van der Waals surface area (Å²) in [5, 5.41) is 10.1. The third-order valence-corrected chi connectivity index (χ3v) is 7.87. The van der Waals surface area contributed by atoms with Crippen molar-refractivity contribution in [1.82, 2.24) is 25.0 Å². The Morgan fingerprint density at radius 1 is 1.08 bits per heavy atom. The standard InChI is InChI=1S/C28H27N5O4S/c1-17-30-31-28(38-17)18-7-9-22(10-8-18)37-24-12-19(5-6-20(24)15-33-11-3-4-25(33)34)27-29-23(16-36-27)21-13-26(35)32(2)14-21/h5-10,12,16,21H,3-4,11,13-15H2,1-2H3. The van der Waals surface area contributed by atoms with E-state index in [2.05, 4.69) is 10.2 Å². The molecule has 194 valence electrons. The summed E-state index contributed by atoms with van der Waals surface area (Å²) in [6, 6.07) is 13.5. The first-order valence-electron chi connectivity index (χ1n) is 12.6. The summed E-state index contributed by atoms with van der Waals surface area (Å²) >= 11 is 1.54. The highest BCUT2D eigenvalue weighted by atomic mass is 32.1. The van der Waals surface area contributed by atoms with Gasteiger partial charge in [-0.05, 0) is 49.7 Å². The van der Waals surface area contributed by atoms with Crippen LogP contribution >= 0.6 is 11.3 Å². The second kappa shape index (κ2) is 10.0. The first kappa shape index (κ1) is 24.3. The summed E-state index contributed by atoms with van der Waals surface area (Å²) < 4.78 is 12.2. The number of rotatable bonds is 7. The maximum absolute atomic E-state index is 12.3. The Labute approximate surface area is 224 Å². The summed E-state index contributed by atoms with van der Waals surface area (Å²) in [5.74, 6) is 2.07. The van der Waals surface area contributed by atoms with E-state index in [0.717, 1.165) is 45.4 Å². The molecule has 2 fully saturated rings. The fourth-order valence-electron chi connectivity index (χ4n) is 4.86. The van der Waals surface area contributed by atoms with E-state index in [1.54, 1.807) is 29.5 Å². The number of oxazole rings is 1. The van der Waals surface area contributed by atoms with Gasteiger partial charge in [0.2, 0.25) is 17.7 Å². The average molecular weight is 530 g/mol. The molecule has 0 bridgehead atoms. The topological polar surface area (TPSA) is 102 Å². The van der Waals surface area contributed by atoms with Crippen LogP contribution in [0, 0.1) is 6.92 Å². The molecule has 2 amide bonds. The van der Waals surface area contributed by atoms with Crippen LogP contribution < -0.4 is 4.74 Å². The zero-order chi connectivity index (χ0) is 26.2. The van der Waals surface area contributed by atoms with Crippen molar-refractivity contribution in [3.05, 3.63) is 65.0 Å². The van der Waals surface area contributed by atoms with Gasteiger partial charge in [0.1, 0.15) is 27.8 Å². The van der Waals surface area contributed by atoms with Crippen molar-refractivity contribution in [3.63, 3.8) is 0 Å². The van der Waals surface area contributed by atoms with Gasteiger partial charge in [0, 0.05) is 62.1 Å². The van der Waals surface area contributed by atoms with Gasteiger partial charge in [-0.2, -0.15) is 0 Å². The molecule has 0 radical (unpaired) electrons.